The standard InChI is InChI=1S/C24H22FN5O2/c1-15-12-29(14-26-15)20-9-4-16(11-22(20)32-3)10-19-23(31)30-21(13-28(2)24(30)27-19)17-5-7-18(25)8-6-17/h4-12,14,21H,13H2,1-3H3. The molecule has 7 nitrogen and oxygen atoms in total. The second-order valence-electron chi connectivity index (χ2n) is 7.92. The molecule has 1 atom stereocenters. The fourth-order valence-corrected chi connectivity index (χ4v) is 4.14. The number of aryl methyl sites for hydroxylation is 1. The van der Waals surface area contributed by atoms with E-state index in [-0.39, 0.29) is 17.8 Å². The van der Waals surface area contributed by atoms with Crippen molar-refractivity contribution in [2.24, 2.45) is 4.99 Å². The second-order valence-corrected chi connectivity index (χ2v) is 7.92. The smallest absolute Gasteiger partial charge is 0.279 e. The molecule has 5 rings (SSSR count). The molecular formula is C24H22FN5O2. The average Bonchev–Trinajstić information content (AvgIpc) is 3.45. The molecule has 8 heteroatoms. The molecule has 0 saturated carbocycles. The molecule has 1 amide bonds. The Morgan fingerprint density at radius 1 is 1.19 bits per heavy atom. The second kappa shape index (κ2) is 7.64. The third kappa shape index (κ3) is 3.33. The largest absolute Gasteiger partial charge is 0.495 e. The van der Waals surface area contributed by atoms with Gasteiger partial charge in [0, 0.05) is 19.8 Å². The molecule has 0 radical (unpaired) electrons. The summed E-state index contributed by atoms with van der Waals surface area (Å²) in [5.41, 5.74) is 3.80. The number of carbonyl (C=O) groups excluding carboxylic acids is 1. The summed E-state index contributed by atoms with van der Waals surface area (Å²) < 4.78 is 20.8. The molecule has 162 valence electrons. The first-order valence-electron chi connectivity index (χ1n) is 10.2. The zero-order valence-corrected chi connectivity index (χ0v) is 18.0. The molecule has 2 aromatic carbocycles. The van der Waals surface area contributed by atoms with E-state index < -0.39 is 0 Å². The molecule has 0 bridgehead atoms. The van der Waals surface area contributed by atoms with Crippen molar-refractivity contribution in [2.45, 2.75) is 13.0 Å². The van der Waals surface area contributed by atoms with Crippen molar-refractivity contribution in [3.8, 4) is 11.4 Å². The molecule has 2 aliphatic heterocycles. The third-order valence-corrected chi connectivity index (χ3v) is 5.73. The Labute approximate surface area is 185 Å². The lowest BCUT2D eigenvalue weighted by Crippen LogP contribution is -2.32. The summed E-state index contributed by atoms with van der Waals surface area (Å²) in [6, 6.07) is 11.8. The van der Waals surface area contributed by atoms with Crippen LogP contribution in [0.25, 0.3) is 11.8 Å². The van der Waals surface area contributed by atoms with Crippen molar-refractivity contribution in [2.75, 3.05) is 20.7 Å². The number of nitrogens with zero attached hydrogens (tertiary/aromatic N) is 5. The first kappa shape index (κ1) is 20.0. The monoisotopic (exact) mass is 431 g/mol. The molecule has 1 unspecified atom stereocenters. The van der Waals surface area contributed by atoms with Crippen LogP contribution in [0.2, 0.25) is 0 Å². The van der Waals surface area contributed by atoms with E-state index in [1.807, 2.05) is 47.8 Å². The predicted molar refractivity (Wildman–Crippen MR) is 119 cm³/mol. The fraction of sp³-hybridized carbons (Fsp3) is 0.208. The lowest BCUT2D eigenvalue weighted by Gasteiger charge is -2.19. The highest BCUT2D eigenvalue weighted by atomic mass is 19.1. The Kier molecular flexibility index (Phi) is 4.77. The zero-order chi connectivity index (χ0) is 22.4. The Bertz CT molecular complexity index is 1260. The van der Waals surface area contributed by atoms with E-state index in [4.69, 9.17) is 4.74 Å². The van der Waals surface area contributed by atoms with E-state index in [0.29, 0.717) is 24.0 Å². The number of hydrogen-bond donors (Lipinski definition) is 0. The van der Waals surface area contributed by atoms with Gasteiger partial charge in [-0.1, -0.05) is 18.2 Å². The van der Waals surface area contributed by atoms with Gasteiger partial charge < -0.3 is 14.2 Å². The van der Waals surface area contributed by atoms with Crippen LogP contribution in [-0.2, 0) is 4.79 Å². The summed E-state index contributed by atoms with van der Waals surface area (Å²) in [4.78, 5) is 25.7. The molecule has 0 aliphatic carbocycles. The molecule has 0 spiro atoms. The van der Waals surface area contributed by atoms with E-state index in [1.165, 1.54) is 12.1 Å². The molecular weight excluding hydrogens is 409 g/mol. The maximum Gasteiger partial charge on any atom is 0.279 e. The van der Waals surface area contributed by atoms with E-state index in [0.717, 1.165) is 22.5 Å². The van der Waals surface area contributed by atoms with Crippen molar-refractivity contribution < 1.29 is 13.9 Å². The van der Waals surface area contributed by atoms with Crippen LogP contribution in [0.5, 0.6) is 5.75 Å². The lowest BCUT2D eigenvalue weighted by molar-refractivity contribution is -0.123. The van der Waals surface area contributed by atoms with E-state index in [2.05, 4.69) is 9.98 Å². The summed E-state index contributed by atoms with van der Waals surface area (Å²) in [6.45, 7) is 2.53. The number of likely N-dealkylation sites (N-methyl/N-ethyl adjacent to an activating group) is 1. The van der Waals surface area contributed by atoms with Gasteiger partial charge in [-0.05, 0) is 48.4 Å². The van der Waals surface area contributed by atoms with Gasteiger partial charge in [0.2, 0.25) is 5.96 Å². The first-order chi connectivity index (χ1) is 15.4. The maximum absolute atomic E-state index is 13.4. The van der Waals surface area contributed by atoms with Gasteiger partial charge in [-0.15, -0.1) is 0 Å². The number of halogens is 1. The van der Waals surface area contributed by atoms with Gasteiger partial charge in [-0.25, -0.2) is 14.4 Å². The Morgan fingerprint density at radius 3 is 2.66 bits per heavy atom. The van der Waals surface area contributed by atoms with Gasteiger partial charge in [0.15, 0.2) is 0 Å². The number of guanidine groups is 1. The molecule has 1 fully saturated rings. The number of carbonyl (C=O) groups is 1. The summed E-state index contributed by atoms with van der Waals surface area (Å²) in [6.07, 6.45) is 5.41. The fourth-order valence-electron chi connectivity index (χ4n) is 4.14. The van der Waals surface area contributed by atoms with E-state index in [1.54, 1.807) is 36.5 Å². The minimum atomic E-state index is -0.300. The molecule has 2 aliphatic rings. The molecule has 3 heterocycles. The lowest BCUT2D eigenvalue weighted by atomic mass is 10.1. The number of amides is 1. The molecule has 3 aromatic rings. The Hall–Kier alpha value is -3.94. The van der Waals surface area contributed by atoms with Gasteiger partial charge in [0.1, 0.15) is 17.3 Å². The highest BCUT2D eigenvalue weighted by Crippen LogP contribution is 2.35. The summed E-state index contributed by atoms with van der Waals surface area (Å²) in [5, 5.41) is 0. The quantitative estimate of drug-likeness (QED) is 0.593. The average molecular weight is 431 g/mol. The predicted octanol–water partition coefficient (Wildman–Crippen LogP) is 3.55. The van der Waals surface area contributed by atoms with Crippen LogP contribution < -0.4 is 4.74 Å². The van der Waals surface area contributed by atoms with Gasteiger partial charge >= 0.3 is 0 Å². The van der Waals surface area contributed by atoms with Crippen molar-refractivity contribution in [1.29, 1.82) is 0 Å². The van der Waals surface area contributed by atoms with E-state index in [9.17, 15) is 9.18 Å². The Balaban J connectivity index is 1.47. The van der Waals surface area contributed by atoms with E-state index >= 15 is 0 Å². The van der Waals surface area contributed by atoms with Crippen molar-refractivity contribution in [3.63, 3.8) is 0 Å². The molecule has 1 aromatic heterocycles. The third-order valence-electron chi connectivity index (χ3n) is 5.73. The maximum atomic E-state index is 13.4. The van der Waals surface area contributed by atoms with Crippen LogP contribution in [-0.4, -0.2) is 51.9 Å². The normalized spacial score (nSPS) is 19.0. The number of methoxy groups -OCH3 is 1. The van der Waals surface area contributed by atoms with Crippen LogP contribution in [0.15, 0.2) is 65.7 Å². The number of aliphatic imine (C=N–C) groups is 1. The van der Waals surface area contributed by atoms with Crippen molar-refractivity contribution in [1.82, 2.24) is 19.4 Å². The number of aromatic nitrogens is 2. The molecule has 1 saturated heterocycles. The van der Waals surface area contributed by atoms with Gasteiger partial charge in [-0.3, -0.25) is 9.69 Å². The van der Waals surface area contributed by atoms with Crippen molar-refractivity contribution in [3.05, 3.63) is 83.3 Å². The minimum absolute atomic E-state index is 0.174. The summed E-state index contributed by atoms with van der Waals surface area (Å²) in [7, 11) is 3.51. The number of ether oxygens (including phenoxy) is 1. The van der Waals surface area contributed by atoms with Crippen LogP contribution in [0.4, 0.5) is 4.39 Å². The SMILES string of the molecule is COc1cc(C=C2N=C3N(C)CC(c4ccc(F)cc4)N3C2=O)ccc1-n1cnc(C)c1. The van der Waals surface area contributed by atoms with Crippen molar-refractivity contribution >= 4 is 17.9 Å². The Morgan fingerprint density at radius 2 is 1.97 bits per heavy atom. The highest BCUT2D eigenvalue weighted by Gasteiger charge is 2.44. The molecule has 0 N–H and O–H groups in total. The van der Waals surface area contributed by atoms with Crippen LogP contribution in [0.3, 0.4) is 0 Å². The summed E-state index contributed by atoms with van der Waals surface area (Å²) >= 11 is 0. The minimum Gasteiger partial charge on any atom is -0.495 e. The number of fused-ring (bicyclic) bond motifs is 1. The summed E-state index contributed by atoms with van der Waals surface area (Å²) in [5.74, 6) is 0.794. The number of imidazole rings is 1. The van der Waals surface area contributed by atoms with Gasteiger partial charge in [0.25, 0.3) is 5.91 Å². The number of rotatable bonds is 4. The van der Waals surface area contributed by atoms with Crippen LogP contribution in [0, 0.1) is 12.7 Å². The van der Waals surface area contributed by atoms with Crippen LogP contribution >= 0.6 is 0 Å². The topological polar surface area (TPSA) is 63.0 Å². The zero-order valence-electron chi connectivity index (χ0n) is 18.0. The van der Waals surface area contributed by atoms with Gasteiger partial charge in [-0.2, -0.15) is 0 Å². The van der Waals surface area contributed by atoms with Gasteiger partial charge in [0.05, 0.1) is 30.9 Å². The first-order valence-corrected chi connectivity index (χ1v) is 10.2. The molecule has 32 heavy (non-hydrogen) atoms. The number of hydrogen-bond acceptors (Lipinski definition) is 5. The van der Waals surface area contributed by atoms with Crippen LogP contribution in [0.1, 0.15) is 22.9 Å². The highest BCUT2D eigenvalue weighted by molar-refractivity contribution is 6.14. The number of benzene rings is 2.